The fourth-order valence-electron chi connectivity index (χ4n) is 19.1. The number of rotatable bonds is 0. The maximum absolute atomic E-state index is 5.75. The van der Waals surface area contributed by atoms with Crippen LogP contribution >= 0.6 is 11.3 Å². The number of hydrogen-bond acceptors (Lipinski definition) is 26. The highest BCUT2D eigenvalue weighted by molar-refractivity contribution is 7.18. The lowest BCUT2D eigenvalue weighted by molar-refractivity contribution is 0.613. The fourth-order valence-corrected chi connectivity index (χ4v) is 20.1. The SMILES string of the molecule is CC1=CCc2c1ccnc2N.CC1=CCc2ccnc(N)c21.CC1=Cc2c(ccnc2N)C1.CC1C=Cc2c1ccnc2N.CC1CCc2c1ccnc2N.CC1CCc2ccnc(N)c21.CC1Cc2ccnc(N)c2C1.Cc1c[nH]c2ccncc12.Cc1c[nH]c2cnccc12.Cc1cc2ccncc2[nH]1.Cc1cc2cnccc2[nH]1.Cc1coc2c(N)nccc12.Cc1csc2c(N)nccc12.Cn1ccc2c(N)nccc21. The van der Waals surface area contributed by atoms with E-state index < -0.39 is 0 Å². The highest BCUT2D eigenvalue weighted by atomic mass is 32.1. The van der Waals surface area contributed by atoms with E-state index in [-0.39, 0.29) is 0 Å². The summed E-state index contributed by atoms with van der Waals surface area (Å²) >= 11 is 1.65. The van der Waals surface area contributed by atoms with E-state index in [1.54, 1.807) is 98.2 Å². The lowest BCUT2D eigenvalue weighted by atomic mass is 10.0. The molecule has 7 aliphatic carbocycles. The average molecular weight is 2020 g/mol. The third-order valence-electron chi connectivity index (χ3n) is 27.3. The Kier molecular flexibility index (Phi) is 35.1. The van der Waals surface area contributed by atoms with Crippen LogP contribution in [0.5, 0.6) is 0 Å². The van der Waals surface area contributed by atoms with Gasteiger partial charge in [-0.1, -0.05) is 63.6 Å². The summed E-state index contributed by atoms with van der Waals surface area (Å²) in [7, 11) is 1.99. The van der Waals surface area contributed by atoms with Crippen molar-refractivity contribution >= 4 is 168 Å². The number of anilines is 10. The fraction of sp³-hybridized carbons (Fsp3) is 0.227. The van der Waals surface area contributed by atoms with Gasteiger partial charge in [0.2, 0.25) is 0 Å². The van der Waals surface area contributed by atoms with Crippen LogP contribution in [0.4, 0.5) is 58.2 Å². The standard InChI is InChI=1S/C9H12N2.C9H10N2.C9H12N2.2C9H10N2.C9H12N2.C9H10N2.C8H9N3.C8H8N2O.C8H8N2S.4C8H8N2/c2*1-6-4-7-2-3-11-9(10)8(7)5-6;3*1-6-2-3-8-7(6)4-5-11-9(8)10;2*1-6-2-3-7-4-5-11-9(10)8(6)7;1-11-5-3-6-7(11)2-4-10-8(6)9;2*1-5-4-11-7-6(5)2-3-10-8(7)9;1-6-4-10-8-2-3-9-5-7(6)8;1-6-4-7-5-9-3-2-8(7)10-6;1-6-4-10-8-5-9-3-2-7(6)8;1-6-4-7-2-3-9-5-8(7)10-6/h2-3,6H,4-5H2,1H3,(H2,10,11);2-3,5H,4H2,1H3,(H2,10,11);4-6H,2-3H2,1H3,(H2,10,11);2,4-5H,3H2,1H3,(H2,10,11);2-6H,1H3,(H2,10,11);4-6H,2-3H2,1H3,(H2,10,11);2,4-5H,3H2,1H3,(H2,10,11);2-5H,1H3,(H2,9,10);2*2-4H,1H3,(H2,9,10);4*2-5,10H,1H3. The number of hydrogen-bond donors (Lipinski definition) is 14. The van der Waals surface area contributed by atoms with Crippen LogP contribution in [-0.2, 0) is 52.0 Å². The van der Waals surface area contributed by atoms with E-state index in [9.17, 15) is 0 Å². The van der Waals surface area contributed by atoms with Gasteiger partial charge in [0.05, 0.1) is 39.9 Å². The Hall–Kier alpha value is -17.7. The number of pyridine rings is 14. The summed E-state index contributed by atoms with van der Waals surface area (Å²) in [6.45, 7) is 27.4. The summed E-state index contributed by atoms with van der Waals surface area (Å²) in [5.41, 5.74) is 92.1. The Labute approximate surface area is 877 Å². The molecule has 0 spiro atoms. The minimum Gasteiger partial charge on any atom is -0.460 e. The zero-order chi connectivity index (χ0) is 106. The van der Waals surface area contributed by atoms with Crippen LogP contribution in [-0.4, -0.2) is 94.3 Å². The van der Waals surface area contributed by atoms with Crippen LogP contribution in [0.25, 0.3) is 98.9 Å². The largest absolute Gasteiger partial charge is 0.460 e. The molecule has 4 atom stereocenters. The quantitative estimate of drug-likeness (QED) is 0.0670. The number of furan rings is 1. The van der Waals surface area contributed by atoms with Gasteiger partial charge in [-0.2, -0.15) is 0 Å². The molecule has 0 fully saturated rings. The van der Waals surface area contributed by atoms with Gasteiger partial charge in [-0.25, -0.2) is 49.8 Å². The number of aryl methyl sites for hydroxylation is 8. The Balaban J connectivity index is 0.000000121. The zero-order valence-corrected chi connectivity index (χ0v) is 88.3. The minimum absolute atomic E-state index is 0.454. The van der Waals surface area contributed by atoms with Crippen LogP contribution in [0, 0.1) is 47.5 Å². The van der Waals surface area contributed by atoms with Crippen LogP contribution in [0.2, 0.25) is 0 Å². The zero-order valence-electron chi connectivity index (χ0n) is 87.5. The molecule has 766 valence electrons. The Morgan fingerprint density at radius 2 is 0.953 bits per heavy atom. The van der Waals surface area contributed by atoms with Crippen LogP contribution in [0.1, 0.15) is 191 Å². The molecule has 0 bridgehead atoms. The van der Waals surface area contributed by atoms with Crippen molar-refractivity contribution in [1.29, 1.82) is 0 Å². The summed E-state index contributed by atoms with van der Waals surface area (Å²) in [5, 5.41) is 10.3. The van der Waals surface area contributed by atoms with Gasteiger partial charge in [0.1, 0.15) is 52.4 Å². The van der Waals surface area contributed by atoms with Crippen LogP contribution < -0.4 is 57.3 Å². The van der Waals surface area contributed by atoms with Gasteiger partial charge in [0, 0.05) is 219 Å². The van der Waals surface area contributed by atoms with E-state index in [1.807, 2.05) is 161 Å². The molecule has 21 heterocycles. The second-order valence-corrected chi connectivity index (χ2v) is 39.2. The lowest BCUT2D eigenvalue weighted by Crippen LogP contribution is -1.98. The summed E-state index contributed by atoms with van der Waals surface area (Å²) in [4.78, 5) is 68.9. The Bertz CT molecular complexity index is 7950. The smallest absolute Gasteiger partial charge is 0.176 e. The number of allylic oxidation sites excluding steroid dienone is 6. The van der Waals surface area contributed by atoms with Crippen LogP contribution in [0.15, 0.2) is 273 Å². The maximum Gasteiger partial charge on any atom is 0.176 e. The van der Waals surface area contributed by atoms with Gasteiger partial charge in [0.15, 0.2) is 11.4 Å². The molecule has 0 aromatic carbocycles. The number of nitrogen functional groups attached to an aromatic ring is 10. The van der Waals surface area contributed by atoms with E-state index in [4.69, 9.17) is 61.8 Å². The second kappa shape index (κ2) is 49.4. The molecule has 30 nitrogen and oxygen atoms in total. The van der Waals surface area contributed by atoms with Gasteiger partial charge < -0.3 is 86.3 Å². The van der Waals surface area contributed by atoms with Crippen molar-refractivity contribution in [3.05, 3.63) is 380 Å². The Morgan fingerprint density at radius 1 is 0.400 bits per heavy atom. The molecule has 4 unspecified atom stereocenters. The van der Waals surface area contributed by atoms with Crippen molar-refractivity contribution in [3.63, 3.8) is 0 Å². The minimum atomic E-state index is 0.454. The third kappa shape index (κ3) is 26.2. The summed E-state index contributed by atoms with van der Waals surface area (Å²) in [6.07, 6.45) is 60.5. The maximum atomic E-state index is 5.75. The first-order valence-corrected chi connectivity index (χ1v) is 50.9. The summed E-state index contributed by atoms with van der Waals surface area (Å²) in [5.74, 6) is 9.04. The molecule has 24 N–H and O–H groups in total. The van der Waals surface area contributed by atoms with Crippen molar-refractivity contribution in [2.75, 3.05) is 57.3 Å². The summed E-state index contributed by atoms with van der Waals surface area (Å²) < 4.78 is 8.32. The number of nitrogens with zero attached hydrogens (tertiary/aromatic N) is 15. The number of thiophene rings is 1. The molecule has 7 aliphatic rings. The first-order chi connectivity index (χ1) is 72.3. The van der Waals surface area contributed by atoms with Crippen molar-refractivity contribution in [2.45, 2.75) is 166 Å². The predicted molar refractivity (Wildman–Crippen MR) is 620 cm³/mol. The highest BCUT2D eigenvalue weighted by Gasteiger charge is 2.25. The van der Waals surface area contributed by atoms with Gasteiger partial charge in [-0.15, -0.1) is 11.3 Å². The van der Waals surface area contributed by atoms with Crippen molar-refractivity contribution in [1.82, 2.24) is 94.3 Å². The van der Waals surface area contributed by atoms with Crippen molar-refractivity contribution in [3.8, 4) is 0 Å². The number of aromatic amines is 4. The number of H-pyrrole nitrogens is 4. The molecule has 31 heteroatoms. The van der Waals surface area contributed by atoms with Crippen LogP contribution in [0.3, 0.4) is 0 Å². The van der Waals surface area contributed by atoms with Gasteiger partial charge in [-0.05, 0) is 330 Å². The van der Waals surface area contributed by atoms with Gasteiger partial charge >= 0.3 is 0 Å². The van der Waals surface area contributed by atoms with Gasteiger partial charge in [-0.3, -0.25) is 19.9 Å². The number of fused-ring (bicyclic) bond motifs is 14. The van der Waals surface area contributed by atoms with E-state index in [1.165, 1.54) is 159 Å². The van der Waals surface area contributed by atoms with E-state index in [2.05, 4.69) is 219 Å². The summed E-state index contributed by atoms with van der Waals surface area (Å²) in [6, 6.07) is 34.3. The van der Waals surface area contributed by atoms with Gasteiger partial charge in [0.25, 0.3) is 0 Å². The third-order valence-corrected chi connectivity index (χ3v) is 28.4. The molecular formula is C119H133N29OS. The predicted octanol–water partition coefficient (Wildman–Crippen LogP) is 24.0. The molecule has 0 radical (unpaired) electrons. The molecule has 0 aliphatic heterocycles. The average Bonchev–Trinajstić information content (AvgIpc) is 1.53. The van der Waals surface area contributed by atoms with Crippen molar-refractivity contribution in [2.24, 2.45) is 13.0 Å². The molecule has 0 saturated heterocycles. The molecular weight excluding hydrogens is 1880 g/mol. The van der Waals surface area contributed by atoms with E-state index >= 15 is 0 Å². The number of aromatic nitrogens is 19. The Morgan fingerprint density at radius 3 is 1.62 bits per heavy atom. The molecule has 28 rings (SSSR count). The highest BCUT2D eigenvalue weighted by Crippen LogP contribution is 2.39. The normalized spacial score (nSPS) is 14.6. The first-order valence-electron chi connectivity index (χ1n) is 50.0. The topological polar surface area (TPSA) is 522 Å². The second-order valence-electron chi connectivity index (χ2n) is 38.3. The molecule has 21 aromatic heterocycles. The first kappa shape index (κ1) is 107. The molecule has 150 heavy (non-hydrogen) atoms. The monoisotopic (exact) mass is 2020 g/mol. The van der Waals surface area contributed by atoms with Crippen molar-refractivity contribution < 1.29 is 4.42 Å². The number of nitrogens with one attached hydrogen (secondary N) is 4. The van der Waals surface area contributed by atoms with E-state index in [0.717, 1.165) is 121 Å². The number of nitrogens with two attached hydrogens (primary N) is 10. The lowest BCUT2D eigenvalue weighted by Gasteiger charge is -2.05. The van der Waals surface area contributed by atoms with E-state index in [0.29, 0.717) is 64.1 Å². The molecule has 21 aromatic rings. The molecule has 0 saturated carbocycles. The molecule has 0 amide bonds.